The Bertz CT molecular complexity index is 763. The van der Waals surface area contributed by atoms with E-state index in [1.807, 2.05) is 0 Å². The summed E-state index contributed by atoms with van der Waals surface area (Å²) < 4.78 is 0. The van der Waals surface area contributed by atoms with Gasteiger partial charge < -0.3 is 5.73 Å². The Labute approximate surface area is 133 Å². The predicted molar refractivity (Wildman–Crippen MR) is 96.5 cm³/mol. The van der Waals surface area contributed by atoms with E-state index in [0.717, 1.165) is 23.2 Å². The molecule has 0 saturated carbocycles. The van der Waals surface area contributed by atoms with Crippen LogP contribution >= 0.6 is 0 Å². The summed E-state index contributed by atoms with van der Waals surface area (Å²) in [4.78, 5) is 0. The van der Waals surface area contributed by atoms with Crippen LogP contribution in [0.15, 0.2) is 60.7 Å². The van der Waals surface area contributed by atoms with Gasteiger partial charge in [-0.1, -0.05) is 80.1 Å². The number of rotatable bonds is 2. The average Bonchev–Trinajstić information content (AvgIpc) is 2.46. The molecule has 0 atom stereocenters. The zero-order valence-electron chi connectivity index (χ0n) is 13.6. The molecule has 1 aliphatic carbocycles. The molecule has 22 heavy (non-hydrogen) atoms. The third-order valence-electron chi connectivity index (χ3n) is 4.27. The number of nitrogen functional groups attached to an aromatic ring is 1. The van der Waals surface area contributed by atoms with E-state index in [-0.39, 0.29) is 5.41 Å². The molecule has 2 N–H and O–H groups in total. The van der Waals surface area contributed by atoms with Crippen molar-refractivity contribution in [3.8, 4) is 11.1 Å². The molecule has 1 nitrogen and oxygen atoms in total. The molecule has 3 rings (SSSR count). The van der Waals surface area contributed by atoms with Crippen molar-refractivity contribution in [1.29, 1.82) is 0 Å². The number of benzene rings is 2. The standard InChI is InChI=1S/C21H23N/c1-15-7-4-8-16(13-15)18-10-5-11-19(20(18)22)17-9-6-12-21(2,3)14-17/h4-13H,14,22H2,1-3H3. The van der Waals surface area contributed by atoms with Gasteiger partial charge in [0.05, 0.1) is 0 Å². The third kappa shape index (κ3) is 2.85. The fourth-order valence-corrected chi connectivity index (χ4v) is 3.13. The summed E-state index contributed by atoms with van der Waals surface area (Å²) in [7, 11) is 0. The van der Waals surface area contributed by atoms with Gasteiger partial charge in [-0.2, -0.15) is 0 Å². The Morgan fingerprint density at radius 1 is 1.00 bits per heavy atom. The number of nitrogens with two attached hydrogens (primary N) is 1. The van der Waals surface area contributed by atoms with Gasteiger partial charge >= 0.3 is 0 Å². The van der Waals surface area contributed by atoms with Crippen molar-refractivity contribution >= 4 is 11.3 Å². The first-order valence-electron chi connectivity index (χ1n) is 7.81. The first-order valence-corrected chi connectivity index (χ1v) is 7.81. The highest BCUT2D eigenvalue weighted by Crippen LogP contribution is 2.40. The fourth-order valence-electron chi connectivity index (χ4n) is 3.13. The van der Waals surface area contributed by atoms with Crippen LogP contribution in [0.4, 0.5) is 5.69 Å². The van der Waals surface area contributed by atoms with E-state index >= 15 is 0 Å². The Balaban J connectivity index is 2.07. The van der Waals surface area contributed by atoms with Gasteiger partial charge in [0, 0.05) is 16.8 Å². The molecular formula is C21H23N. The lowest BCUT2D eigenvalue weighted by Gasteiger charge is -2.26. The lowest BCUT2D eigenvalue weighted by atomic mass is 9.79. The molecule has 0 radical (unpaired) electrons. The van der Waals surface area contributed by atoms with Crippen LogP contribution in [0.3, 0.4) is 0 Å². The van der Waals surface area contributed by atoms with Crippen molar-refractivity contribution in [1.82, 2.24) is 0 Å². The van der Waals surface area contributed by atoms with E-state index in [9.17, 15) is 0 Å². The number of allylic oxidation sites excluding steroid dienone is 4. The molecule has 0 unspecified atom stereocenters. The summed E-state index contributed by atoms with van der Waals surface area (Å²) in [5, 5.41) is 0. The van der Waals surface area contributed by atoms with E-state index in [4.69, 9.17) is 5.73 Å². The molecule has 0 amide bonds. The second-order valence-electron chi connectivity index (χ2n) is 6.85. The smallest absolute Gasteiger partial charge is 0.0470 e. The van der Waals surface area contributed by atoms with Crippen LogP contribution in [0.25, 0.3) is 16.7 Å². The maximum Gasteiger partial charge on any atom is 0.0470 e. The lowest BCUT2D eigenvalue weighted by Crippen LogP contribution is -2.11. The van der Waals surface area contributed by atoms with Gasteiger partial charge in [-0.05, 0) is 29.9 Å². The number of para-hydroxylation sites is 1. The van der Waals surface area contributed by atoms with E-state index in [1.165, 1.54) is 16.7 Å². The molecule has 1 aliphatic rings. The summed E-state index contributed by atoms with van der Waals surface area (Å²) in [6.07, 6.45) is 7.62. The normalized spacial score (nSPS) is 16.4. The van der Waals surface area contributed by atoms with Crippen molar-refractivity contribution < 1.29 is 0 Å². The minimum Gasteiger partial charge on any atom is -0.398 e. The van der Waals surface area contributed by atoms with E-state index in [1.54, 1.807) is 0 Å². The van der Waals surface area contributed by atoms with Crippen LogP contribution in [0.5, 0.6) is 0 Å². The molecule has 2 aromatic carbocycles. The summed E-state index contributed by atoms with van der Waals surface area (Å²) >= 11 is 0. The van der Waals surface area contributed by atoms with Gasteiger partial charge in [-0.25, -0.2) is 0 Å². The van der Waals surface area contributed by atoms with Gasteiger partial charge in [-0.15, -0.1) is 0 Å². The van der Waals surface area contributed by atoms with Crippen LogP contribution in [0.1, 0.15) is 31.4 Å². The van der Waals surface area contributed by atoms with Crippen molar-refractivity contribution in [3.63, 3.8) is 0 Å². The third-order valence-corrected chi connectivity index (χ3v) is 4.27. The SMILES string of the molecule is Cc1cccc(-c2cccc(C3=CC=CC(C)(C)C3)c2N)c1. The Morgan fingerprint density at radius 2 is 1.73 bits per heavy atom. The van der Waals surface area contributed by atoms with Gasteiger partial charge in [0.2, 0.25) is 0 Å². The van der Waals surface area contributed by atoms with Crippen molar-refractivity contribution in [2.45, 2.75) is 27.2 Å². The molecule has 0 heterocycles. The molecule has 0 aromatic heterocycles. The maximum atomic E-state index is 6.52. The maximum absolute atomic E-state index is 6.52. The van der Waals surface area contributed by atoms with Crippen molar-refractivity contribution in [2.24, 2.45) is 5.41 Å². The zero-order chi connectivity index (χ0) is 15.7. The summed E-state index contributed by atoms with van der Waals surface area (Å²) in [6, 6.07) is 14.9. The molecule has 1 heteroatoms. The molecule has 0 saturated heterocycles. The summed E-state index contributed by atoms with van der Waals surface area (Å²) in [5.74, 6) is 0. The van der Waals surface area contributed by atoms with E-state index in [0.29, 0.717) is 0 Å². The van der Waals surface area contributed by atoms with E-state index in [2.05, 4.69) is 81.5 Å². The second-order valence-corrected chi connectivity index (χ2v) is 6.85. The van der Waals surface area contributed by atoms with Gasteiger partial charge in [0.1, 0.15) is 0 Å². The monoisotopic (exact) mass is 289 g/mol. The molecule has 112 valence electrons. The Kier molecular flexibility index (Phi) is 3.66. The predicted octanol–water partition coefficient (Wildman–Crippen LogP) is 5.61. The van der Waals surface area contributed by atoms with Crippen LogP contribution in [0, 0.1) is 12.3 Å². The zero-order valence-corrected chi connectivity index (χ0v) is 13.6. The minimum atomic E-state index is 0.190. The van der Waals surface area contributed by atoms with Crippen LogP contribution < -0.4 is 5.73 Å². The highest BCUT2D eigenvalue weighted by Gasteiger charge is 2.21. The highest BCUT2D eigenvalue weighted by molar-refractivity contribution is 5.87. The number of aryl methyl sites for hydroxylation is 1. The van der Waals surface area contributed by atoms with E-state index < -0.39 is 0 Å². The molecule has 2 aromatic rings. The summed E-state index contributed by atoms with van der Waals surface area (Å²) in [5.41, 5.74) is 13.6. The fraction of sp³-hybridized carbons (Fsp3) is 0.238. The first kappa shape index (κ1) is 14.6. The molecule has 0 bridgehead atoms. The highest BCUT2D eigenvalue weighted by atomic mass is 14.6. The average molecular weight is 289 g/mol. The van der Waals surface area contributed by atoms with Crippen molar-refractivity contribution in [3.05, 3.63) is 71.8 Å². The first-order chi connectivity index (χ1) is 10.5. The van der Waals surface area contributed by atoms with Crippen LogP contribution in [-0.4, -0.2) is 0 Å². The quantitative estimate of drug-likeness (QED) is 0.714. The molecular weight excluding hydrogens is 266 g/mol. The number of hydrogen-bond donors (Lipinski definition) is 1. The lowest BCUT2D eigenvalue weighted by molar-refractivity contribution is 0.492. The summed E-state index contributed by atoms with van der Waals surface area (Å²) in [6.45, 7) is 6.63. The topological polar surface area (TPSA) is 26.0 Å². The number of hydrogen-bond acceptors (Lipinski definition) is 1. The van der Waals surface area contributed by atoms with Gasteiger partial charge in [0.15, 0.2) is 0 Å². The Morgan fingerprint density at radius 3 is 2.45 bits per heavy atom. The molecule has 0 spiro atoms. The molecule has 0 aliphatic heterocycles. The van der Waals surface area contributed by atoms with Crippen LogP contribution in [-0.2, 0) is 0 Å². The largest absolute Gasteiger partial charge is 0.398 e. The van der Waals surface area contributed by atoms with Crippen molar-refractivity contribution in [2.75, 3.05) is 5.73 Å². The van der Waals surface area contributed by atoms with Crippen LogP contribution in [0.2, 0.25) is 0 Å². The minimum absolute atomic E-state index is 0.190. The Hall–Kier alpha value is -2.28. The molecule has 0 fully saturated rings. The number of anilines is 1. The second kappa shape index (κ2) is 5.49. The van der Waals surface area contributed by atoms with Gasteiger partial charge in [-0.3, -0.25) is 0 Å². The van der Waals surface area contributed by atoms with Gasteiger partial charge in [0.25, 0.3) is 0 Å².